The molecule has 3 heterocycles. The zero-order chi connectivity index (χ0) is 20.7. The Hall–Kier alpha value is -3.67. The summed E-state index contributed by atoms with van der Waals surface area (Å²) >= 11 is 0. The summed E-state index contributed by atoms with van der Waals surface area (Å²) in [5, 5.41) is 2.97. The molecule has 3 aromatic rings. The van der Waals surface area contributed by atoms with Crippen molar-refractivity contribution in [3.8, 4) is 0 Å². The predicted molar refractivity (Wildman–Crippen MR) is 116 cm³/mol. The zero-order valence-corrected chi connectivity index (χ0v) is 16.7. The summed E-state index contributed by atoms with van der Waals surface area (Å²) < 4.78 is 0. The first-order valence-corrected chi connectivity index (χ1v) is 10.0. The number of likely N-dealkylation sites (tertiary alicyclic amines) is 1. The van der Waals surface area contributed by atoms with Crippen LogP contribution in [-0.2, 0) is 10.2 Å². The SMILES string of the molecule is CN(c1ccccc1)c1ccc(C(=O)N2CCC3(C2)C(=O)Nc2ccccc23)cn1. The van der Waals surface area contributed by atoms with E-state index >= 15 is 0 Å². The molecular formula is C24H22N4O2. The number of carbonyl (C=O) groups is 2. The first kappa shape index (κ1) is 18.4. The van der Waals surface area contributed by atoms with Gasteiger partial charge in [0, 0.05) is 37.7 Å². The van der Waals surface area contributed by atoms with Gasteiger partial charge in [-0.25, -0.2) is 4.98 Å². The number of hydrogen-bond acceptors (Lipinski definition) is 4. The van der Waals surface area contributed by atoms with Crippen LogP contribution in [0.5, 0.6) is 0 Å². The van der Waals surface area contributed by atoms with E-state index in [1.54, 1.807) is 17.2 Å². The lowest BCUT2D eigenvalue weighted by Gasteiger charge is -2.23. The molecule has 2 aliphatic rings. The number of para-hydroxylation sites is 2. The second-order valence-corrected chi connectivity index (χ2v) is 7.86. The van der Waals surface area contributed by atoms with E-state index in [0.717, 1.165) is 22.8 Å². The smallest absolute Gasteiger partial charge is 0.255 e. The van der Waals surface area contributed by atoms with Gasteiger partial charge in [-0.05, 0) is 42.3 Å². The number of pyridine rings is 1. The largest absolute Gasteiger partial charge is 0.337 e. The van der Waals surface area contributed by atoms with Crippen molar-refractivity contribution >= 4 is 29.0 Å². The van der Waals surface area contributed by atoms with E-state index in [1.165, 1.54) is 0 Å². The van der Waals surface area contributed by atoms with Gasteiger partial charge in [-0.1, -0.05) is 36.4 Å². The maximum atomic E-state index is 13.1. The van der Waals surface area contributed by atoms with Crippen LogP contribution in [0.3, 0.4) is 0 Å². The first-order valence-electron chi connectivity index (χ1n) is 10.0. The summed E-state index contributed by atoms with van der Waals surface area (Å²) in [7, 11) is 1.94. The summed E-state index contributed by atoms with van der Waals surface area (Å²) in [5.74, 6) is 0.655. The number of hydrogen-bond donors (Lipinski definition) is 1. The van der Waals surface area contributed by atoms with E-state index in [2.05, 4.69) is 10.3 Å². The molecule has 1 spiro atoms. The molecule has 2 amide bonds. The van der Waals surface area contributed by atoms with Gasteiger partial charge in [0.05, 0.1) is 11.0 Å². The van der Waals surface area contributed by atoms with Gasteiger partial charge < -0.3 is 15.1 Å². The van der Waals surface area contributed by atoms with Crippen molar-refractivity contribution in [3.63, 3.8) is 0 Å². The van der Waals surface area contributed by atoms with E-state index in [4.69, 9.17) is 0 Å². The molecule has 6 nitrogen and oxygen atoms in total. The number of carbonyl (C=O) groups excluding carboxylic acids is 2. The van der Waals surface area contributed by atoms with Gasteiger partial charge in [-0.15, -0.1) is 0 Å². The fraction of sp³-hybridized carbons (Fsp3) is 0.208. The molecule has 1 N–H and O–H groups in total. The highest BCUT2D eigenvalue weighted by Crippen LogP contribution is 2.44. The molecule has 0 saturated carbocycles. The van der Waals surface area contributed by atoms with Crippen molar-refractivity contribution < 1.29 is 9.59 Å². The van der Waals surface area contributed by atoms with Crippen LogP contribution in [0.15, 0.2) is 72.9 Å². The van der Waals surface area contributed by atoms with Crippen LogP contribution >= 0.6 is 0 Å². The minimum atomic E-state index is -0.646. The van der Waals surface area contributed by atoms with Gasteiger partial charge in [-0.3, -0.25) is 9.59 Å². The van der Waals surface area contributed by atoms with Crippen molar-refractivity contribution in [2.45, 2.75) is 11.8 Å². The van der Waals surface area contributed by atoms with Crippen LogP contribution in [0.2, 0.25) is 0 Å². The van der Waals surface area contributed by atoms with Crippen LogP contribution in [0.4, 0.5) is 17.2 Å². The van der Waals surface area contributed by atoms with Crippen molar-refractivity contribution in [1.29, 1.82) is 0 Å². The zero-order valence-electron chi connectivity index (χ0n) is 16.7. The topological polar surface area (TPSA) is 65.5 Å². The standard InChI is InChI=1S/C24H22N4O2/c1-27(18-7-3-2-4-8-18)21-12-11-17(15-25-21)22(29)28-14-13-24(16-28)19-9-5-6-10-20(19)26-23(24)30/h2-12,15H,13-14,16H2,1H3,(H,26,30). The molecule has 2 aliphatic heterocycles. The Kier molecular flexibility index (Phi) is 4.28. The Morgan fingerprint density at radius 3 is 2.60 bits per heavy atom. The van der Waals surface area contributed by atoms with Gasteiger partial charge in [0.1, 0.15) is 5.82 Å². The molecule has 0 bridgehead atoms. The second-order valence-electron chi connectivity index (χ2n) is 7.86. The van der Waals surface area contributed by atoms with Crippen LogP contribution < -0.4 is 10.2 Å². The van der Waals surface area contributed by atoms with Crippen LogP contribution in [-0.4, -0.2) is 41.8 Å². The molecule has 5 rings (SSSR count). The Balaban J connectivity index is 1.34. The van der Waals surface area contributed by atoms with Crippen molar-refractivity contribution in [1.82, 2.24) is 9.88 Å². The summed E-state index contributed by atoms with van der Waals surface area (Å²) in [6.45, 7) is 0.937. The van der Waals surface area contributed by atoms with Crippen molar-refractivity contribution in [2.75, 3.05) is 30.4 Å². The quantitative estimate of drug-likeness (QED) is 0.732. The highest BCUT2D eigenvalue weighted by Gasteiger charge is 2.52. The fourth-order valence-electron chi connectivity index (χ4n) is 4.44. The van der Waals surface area contributed by atoms with E-state index in [9.17, 15) is 9.59 Å². The third-order valence-electron chi connectivity index (χ3n) is 6.16. The van der Waals surface area contributed by atoms with Crippen LogP contribution in [0.1, 0.15) is 22.3 Å². The summed E-state index contributed by atoms with van der Waals surface area (Å²) in [4.78, 5) is 34.1. The highest BCUT2D eigenvalue weighted by atomic mass is 16.2. The molecule has 2 aromatic carbocycles. The number of aromatic nitrogens is 1. The molecule has 1 atom stereocenters. The highest BCUT2D eigenvalue weighted by molar-refractivity contribution is 6.07. The Morgan fingerprint density at radius 1 is 1.07 bits per heavy atom. The third-order valence-corrected chi connectivity index (χ3v) is 6.16. The van der Waals surface area contributed by atoms with Gasteiger partial charge in [-0.2, -0.15) is 0 Å². The van der Waals surface area contributed by atoms with Gasteiger partial charge >= 0.3 is 0 Å². The summed E-state index contributed by atoms with van der Waals surface area (Å²) in [6.07, 6.45) is 2.24. The lowest BCUT2D eigenvalue weighted by Crippen LogP contribution is -2.39. The normalized spacial score (nSPS) is 19.6. The van der Waals surface area contributed by atoms with E-state index in [-0.39, 0.29) is 11.8 Å². The maximum absolute atomic E-state index is 13.1. The monoisotopic (exact) mass is 398 g/mol. The molecule has 1 aromatic heterocycles. The van der Waals surface area contributed by atoms with E-state index in [0.29, 0.717) is 25.1 Å². The molecule has 0 radical (unpaired) electrons. The number of amides is 2. The number of rotatable bonds is 3. The first-order chi connectivity index (χ1) is 14.6. The van der Waals surface area contributed by atoms with Crippen LogP contribution in [0.25, 0.3) is 0 Å². The Morgan fingerprint density at radius 2 is 1.83 bits per heavy atom. The molecule has 6 heteroatoms. The average molecular weight is 398 g/mol. The second kappa shape index (κ2) is 6.99. The third kappa shape index (κ3) is 2.84. The van der Waals surface area contributed by atoms with Crippen LogP contribution in [0, 0.1) is 0 Å². The molecule has 30 heavy (non-hydrogen) atoms. The van der Waals surface area contributed by atoms with E-state index in [1.807, 2.05) is 72.6 Å². The molecular weight excluding hydrogens is 376 g/mol. The minimum Gasteiger partial charge on any atom is -0.337 e. The Labute approximate surface area is 175 Å². The van der Waals surface area contributed by atoms with Gasteiger partial charge in [0.2, 0.25) is 5.91 Å². The van der Waals surface area contributed by atoms with Gasteiger partial charge in [0.25, 0.3) is 5.91 Å². The summed E-state index contributed by atoms with van der Waals surface area (Å²) in [5.41, 5.74) is 2.75. The predicted octanol–water partition coefficient (Wildman–Crippen LogP) is 3.59. The molecule has 1 unspecified atom stereocenters. The van der Waals surface area contributed by atoms with Crippen molar-refractivity contribution in [3.05, 3.63) is 84.1 Å². The lowest BCUT2D eigenvalue weighted by atomic mass is 9.81. The van der Waals surface area contributed by atoms with Crippen molar-refractivity contribution in [2.24, 2.45) is 0 Å². The number of fused-ring (bicyclic) bond motifs is 2. The number of nitrogens with zero attached hydrogens (tertiary/aromatic N) is 3. The fourth-order valence-corrected chi connectivity index (χ4v) is 4.44. The maximum Gasteiger partial charge on any atom is 0.255 e. The Bertz CT molecular complexity index is 1110. The molecule has 150 valence electrons. The average Bonchev–Trinajstić information content (AvgIpc) is 3.36. The minimum absolute atomic E-state index is 0.0167. The number of nitrogens with one attached hydrogen (secondary N) is 1. The van der Waals surface area contributed by atoms with E-state index < -0.39 is 5.41 Å². The molecule has 1 fully saturated rings. The lowest BCUT2D eigenvalue weighted by molar-refractivity contribution is -0.120. The molecule has 0 aliphatic carbocycles. The van der Waals surface area contributed by atoms with Gasteiger partial charge in [0.15, 0.2) is 0 Å². The summed E-state index contributed by atoms with van der Waals surface area (Å²) in [6, 6.07) is 21.3. The molecule has 1 saturated heterocycles. The number of anilines is 3. The number of benzene rings is 2.